The van der Waals surface area contributed by atoms with Crippen molar-refractivity contribution < 1.29 is 19.1 Å². The number of aromatic carboxylic acids is 1. The highest BCUT2D eigenvalue weighted by molar-refractivity contribution is 5.98. The maximum absolute atomic E-state index is 14.4. The Balaban J connectivity index is 2.52. The molecule has 0 aliphatic heterocycles. The molecule has 0 fully saturated rings. The first-order valence-corrected chi connectivity index (χ1v) is 7.00. The number of pyridine rings is 1. The van der Waals surface area contributed by atoms with E-state index < -0.39 is 22.8 Å². The molecule has 0 saturated carbocycles. The largest absolute Gasteiger partial charge is 0.478 e. The first-order chi connectivity index (χ1) is 10.7. The van der Waals surface area contributed by atoms with E-state index in [0.29, 0.717) is 11.3 Å². The van der Waals surface area contributed by atoms with Gasteiger partial charge in [-0.1, -0.05) is 39.0 Å². The zero-order valence-corrected chi connectivity index (χ0v) is 13.1. The van der Waals surface area contributed by atoms with E-state index in [-0.39, 0.29) is 11.6 Å². The van der Waals surface area contributed by atoms with Gasteiger partial charge in [-0.2, -0.15) is 0 Å². The monoisotopic (exact) mass is 316 g/mol. The summed E-state index contributed by atoms with van der Waals surface area (Å²) < 4.78 is 14.4. The Kier molecular flexibility index (Phi) is 4.45. The number of para-hydroxylation sites is 1. The number of carbonyl (C=O) groups excluding carboxylic acids is 1. The van der Waals surface area contributed by atoms with Crippen molar-refractivity contribution in [1.29, 1.82) is 0 Å². The second-order valence-corrected chi connectivity index (χ2v) is 6.08. The highest BCUT2D eigenvalue weighted by Gasteiger charge is 2.23. The molecule has 6 heteroatoms. The van der Waals surface area contributed by atoms with Crippen LogP contribution in [0.15, 0.2) is 36.5 Å². The molecular formula is C17H17FN2O3. The maximum Gasteiger partial charge on any atom is 0.338 e. The number of rotatable bonds is 3. The highest BCUT2D eigenvalue weighted by atomic mass is 19.1. The van der Waals surface area contributed by atoms with Crippen LogP contribution < -0.4 is 5.32 Å². The number of carboxylic acid groups (broad SMARTS) is 1. The molecule has 120 valence electrons. The lowest BCUT2D eigenvalue weighted by Gasteiger charge is -2.19. The lowest BCUT2D eigenvalue weighted by molar-refractivity contribution is -0.123. The van der Waals surface area contributed by atoms with Crippen LogP contribution in [0.4, 0.5) is 10.1 Å². The number of carboxylic acids is 1. The molecule has 2 N–H and O–H groups in total. The topological polar surface area (TPSA) is 79.3 Å². The summed E-state index contributed by atoms with van der Waals surface area (Å²) in [4.78, 5) is 27.2. The predicted octanol–water partition coefficient (Wildman–Crippen LogP) is 3.57. The van der Waals surface area contributed by atoms with E-state index in [1.54, 1.807) is 45.0 Å². The van der Waals surface area contributed by atoms with Crippen LogP contribution in [0.5, 0.6) is 0 Å². The summed E-state index contributed by atoms with van der Waals surface area (Å²) in [5.74, 6) is -2.54. The van der Waals surface area contributed by atoms with E-state index >= 15 is 0 Å². The van der Waals surface area contributed by atoms with Gasteiger partial charge < -0.3 is 10.4 Å². The molecule has 0 bridgehead atoms. The van der Waals surface area contributed by atoms with Gasteiger partial charge in [-0.3, -0.25) is 9.78 Å². The van der Waals surface area contributed by atoms with Crippen molar-refractivity contribution in [3.05, 3.63) is 47.9 Å². The molecule has 0 atom stereocenters. The van der Waals surface area contributed by atoms with Gasteiger partial charge in [0.25, 0.3) is 0 Å². The average molecular weight is 316 g/mol. The maximum atomic E-state index is 14.4. The van der Waals surface area contributed by atoms with Gasteiger partial charge in [-0.25, -0.2) is 9.18 Å². The Hall–Kier alpha value is -2.76. The number of hydrogen-bond donors (Lipinski definition) is 2. The number of carbonyl (C=O) groups is 2. The van der Waals surface area contributed by atoms with Crippen LogP contribution in [0.2, 0.25) is 0 Å². The van der Waals surface area contributed by atoms with Crippen LogP contribution in [0, 0.1) is 11.2 Å². The second-order valence-electron chi connectivity index (χ2n) is 6.08. The van der Waals surface area contributed by atoms with Crippen molar-refractivity contribution in [3.63, 3.8) is 0 Å². The molecule has 23 heavy (non-hydrogen) atoms. The van der Waals surface area contributed by atoms with Gasteiger partial charge in [0, 0.05) is 17.2 Å². The highest BCUT2D eigenvalue weighted by Crippen LogP contribution is 2.30. The molecular weight excluding hydrogens is 299 g/mol. The molecule has 1 aromatic carbocycles. The lowest BCUT2D eigenvalue weighted by Crippen LogP contribution is -2.27. The van der Waals surface area contributed by atoms with Crippen LogP contribution in [-0.4, -0.2) is 22.0 Å². The van der Waals surface area contributed by atoms with Crippen LogP contribution in [0.1, 0.15) is 31.1 Å². The molecule has 1 aromatic heterocycles. The number of nitrogens with one attached hydrogen (secondary N) is 1. The first kappa shape index (κ1) is 16.6. The number of amides is 1. The fourth-order valence-electron chi connectivity index (χ4n) is 1.91. The van der Waals surface area contributed by atoms with E-state index in [0.717, 1.165) is 6.07 Å². The van der Waals surface area contributed by atoms with Crippen molar-refractivity contribution in [2.24, 2.45) is 5.41 Å². The van der Waals surface area contributed by atoms with E-state index in [1.165, 1.54) is 6.20 Å². The van der Waals surface area contributed by atoms with E-state index in [1.807, 2.05) is 0 Å². The molecule has 2 aromatic rings. The molecule has 0 unspecified atom stereocenters. The van der Waals surface area contributed by atoms with E-state index in [4.69, 9.17) is 5.11 Å². The molecule has 0 spiro atoms. The summed E-state index contributed by atoms with van der Waals surface area (Å²) >= 11 is 0. The fraction of sp³-hybridized carbons (Fsp3) is 0.235. The number of hydrogen-bond acceptors (Lipinski definition) is 3. The van der Waals surface area contributed by atoms with Crippen molar-refractivity contribution in [1.82, 2.24) is 4.98 Å². The zero-order valence-electron chi connectivity index (χ0n) is 13.1. The van der Waals surface area contributed by atoms with Gasteiger partial charge >= 0.3 is 5.97 Å². The van der Waals surface area contributed by atoms with Crippen LogP contribution in [0.25, 0.3) is 11.3 Å². The average Bonchev–Trinajstić information content (AvgIpc) is 2.47. The van der Waals surface area contributed by atoms with Gasteiger partial charge in [0.05, 0.1) is 11.3 Å². The molecule has 0 aliphatic carbocycles. The third kappa shape index (κ3) is 3.53. The second kappa shape index (κ2) is 6.16. The molecule has 0 aliphatic rings. The summed E-state index contributed by atoms with van der Waals surface area (Å²) in [7, 11) is 0. The third-order valence-corrected chi connectivity index (χ3v) is 3.23. The Morgan fingerprint density at radius 2 is 1.83 bits per heavy atom. The predicted molar refractivity (Wildman–Crippen MR) is 84.7 cm³/mol. The summed E-state index contributed by atoms with van der Waals surface area (Å²) in [6.45, 7) is 5.28. The Bertz CT molecular complexity index is 767. The zero-order chi connectivity index (χ0) is 17.2. The van der Waals surface area contributed by atoms with Crippen LogP contribution >= 0.6 is 0 Å². The smallest absolute Gasteiger partial charge is 0.338 e. The number of nitrogens with zero attached hydrogens (tertiary/aromatic N) is 1. The molecule has 5 nitrogen and oxygen atoms in total. The minimum absolute atomic E-state index is 0.116. The van der Waals surface area contributed by atoms with Crippen molar-refractivity contribution in [2.45, 2.75) is 20.8 Å². The minimum atomic E-state index is -1.37. The SMILES string of the molecule is CC(C)(C)C(=O)Nc1ccccc1-c1nccc(C(=O)O)c1F. The quantitative estimate of drug-likeness (QED) is 0.907. The van der Waals surface area contributed by atoms with Gasteiger partial charge in [-0.05, 0) is 12.1 Å². The Morgan fingerprint density at radius 3 is 2.43 bits per heavy atom. The summed E-state index contributed by atoms with van der Waals surface area (Å²) in [5.41, 5.74) is -0.504. The van der Waals surface area contributed by atoms with E-state index in [2.05, 4.69) is 10.3 Å². The van der Waals surface area contributed by atoms with E-state index in [9.17, 15) is 14.0 Å². The molecule has 1 heterocycles. The van der Waals surface area contributed by atoms with Gasteiger partial charge in [0.1, 0.15) is 5.69 Å². The normalized spacial score (nSPS) is 11.1. The molecule has 0 saturated heterocycles. The molecule has 2 rings (SSSR count). The Morgan fingerprint density at radius 1 is 1.17 bits per heavy atom. The Labute approximate surface area is 133 Å². The minimum Gasteiger partial charge on any atom is -0.478 e. The van der Waals surface area contributed by atoms with Crippen molar-refractivity contribution >= 4 is 17.6 Å². The van der Waals surface area contributed by atoms with Gasteiger partial charge in [0.15, 0.2) is 5.82 Å². The van der Waals surface area contributed by atoms with Gasteiger partial charge in [0.2, 0.25) is 5.91 Å². The molecule has 0 radical (unpaired) electrons. The summed E-state index contributed by atoms with van der Waals surface area (Å²) in [6, 6.07) is 7.65. The third-order valence-electron chi connectivity index (χ3n) is 3.23. The van der Waals surface area contributed by atoms with Crippen molar-refractivity contribution in [3.8, 4) is 11.3 Å². The lowest BCUT2D eigenvalue weighted by atomic mass is 9.95. The number of anilines is 1. The van der Waals surface area contributed by atoms with Crippen LogP contribution in [-0.2, 0) is 4.79 Å². The van der Waals surface area contributed by atoms with Gasteiger partial charge in [-0.15, -0.1) is 0 Å². The first-order valence-electron chi connectivity index (χ1n) is 7.00. The van der Waals surface area contributed by atoms with Crippen molar-refractivity contribution in [2.75, 3.05) is 5.32 Å². The molecule has 1 amide bonds. The summed E-state index contributed by atoms with van der Waals surface area (Å²) in [6.07, 6.45) is 1.23. The standard InChI is InChI=1S/C17H17FN2O3/c1-17(2,3)16(23)20-12-7-5-4-6-10(12)14-13(18)11(15(21)22)8-9-19-14/h4-9H,1-3H3,(H,20,23)(H,21,22). The number of aromatic nitrogens is 1. The summed E-state index contributed by atoms with van der Waals surface area (Å²) in [5, 5.41) is 11.8. The van der Waals surface area contributed by atoms with Crippen LogP contribution in [0.3, 0.4) is 0 Å². The number of halogens is 1. The fourth-order valence-corrected chi connectivity index (χ4v) is 1.91. The number of benzene rings is 1.